The van der Waals surface area contributed by atoms with Gasteiger partial charge in [0.05, 0.1) is 11.6 Å². The van der Waals surface area contributed by atoms with E-state index in [1.165, 1.54) is 19.4 Å². The smallest absolute Gasteiger partial charge is 0.189 e. The molecule has 2 rings (SSSR count). The zero-order valence-corrected chi connectivity index (χ0v) is 12.9. The van der Waals surface area contributed by atoms with Crippen molar-refractivity contribution in [2.75, 3.05) is 19.6 Å². The lowest BCUT2D eigenvalue weighted by atomic mass is 10.2. The van der Waals surface area contributed by atoms with Gasteiger partial charge in [-0.05, 0) is 25.9 Å². The van der Waals surface area contributed by atoms with E-state index < -0.39 is 0 Å². The van der Waals surface area contributed by atoms with Crippen LogP contribution in [0.1, 0.15) is 25.5 Å². The van der Waals surface area contributed by atoms with Crippen LogP contribution in [-0.2, 0) is 13.6 Å². The first-order valence-electron chi connectivity index (χ1n) is 7.06. The SMILES string of the molecule is CCN1CCCC1CNC(N)=NCc1nn(C)cc1Cl. The van der Waals surface area contributed by atoms with Gasteiger partial charge in [-0.1, -0.05) is 18.5 Å². The minimum atomic E-state index is 0.403. The standard InChI is InChI=1S/C13H23ClN6/c1-3-20-6-4-5-10(20)7-16-13(15)17-8-12-11(14)9-19(2)18-12/h9-10H,3-8H2,1-2H3,(H3,15,16,17). The summed E-state index contributed by atoms with van der Waals surface area (Å²) in [6, 6.07) is 0.562. The van der Waals surface area contributed by atoms with Crippen LogP contribution in [0.4, 0.5) is 0 Å². The van der Waals surface area contributed by atoms with Crippen LogP contribution < -0.4 is 11.1 Å². The third kappa shape index (κ3) is 3.86. The Morgan fingerprint density at radius 1 is 1.65 bits per heavy atom. The molecule has 1 aliphatic heterocycles. The highest BCUT2D eigenvalue weighted by Gasteiger charge is 2.22. The highest BCUT2D eigenvalue weighted by Crippen LogP contribution is 2.15. The van der Waals surface area contributed by atoms with E-state index in [-0.39, 0.29) is 0 Å². The summed E-state index contributed by atoms with van der Waals surface area (Å²) in [5.41, 5.74) is 6.63. The molecule has 3 N–H and O–H groups in total. The van der Waals surface area contributed by atoms with Crippen molar-refractivity contribution in [3.05, 3.63) is 16.9 Å². The van der Waals surface area contributed by atoms with Crippen LogP contribution >= 0.6 is 11.6 Å². The number of halogens is 1. The fourth-order valence-electron chi connectivity index (χ4n) is 2.59. The number of likely N-dealkylation sites (tertiary alicyclic amines) is 1. The fraction of sp³-hybridized carbons (Fsp3) is 0.692. The van der Waals surface area contributed by atoms with Crippen LogP contribution in [-0.4, -0.2) is 46.3 Å². The summed E-state index contributed by atoms with van der Waals surface area (Å²) in [7, 11) is 1.83. The Balaban J connectivity index is 1.81. The second-order valence-electron chi connectivity index (χ2n) is 5.10. The molecule has 2 heterocycles. The zero-order chi connectivity index (χ0) is 14.5. The number of rotatable bonds is 5. The molecule has 0 aromatic carbocycles. The molecule has 7 heteroatoms. The number of hydrogen-bond acceptors (Lipinski definition) is 3. The van der Waals surface area contributed by atoms with Crippen LogP contribution in [0.5, 0.6) is 0 Å². The molecular formula is C13H23ClN6. The van der Waals surface area contributed by atoms with Crippen LogP contribution in [0.3, 0.4) is 0 Å². The van der Waals surface area contributed by atoms with Gasteiger partial charge in [0.15, 0.2) is 5.96 Å². The molecule has 0 spiro atoms. The lowest BCUT2D eigenvalue weighted by molar-refractivity contribution is 0.267. The second-order valence-corrected chi connectivity index (χ2v) is 5.51. The molecule has 0 amide bonds. The first-order valence-corrected chi connectivity index (χ1v) is 7.43. The van der Waals surface area contributed by atoms with Gasteiger partial charge in [0, 0.05) is 25.8 Å². The molecule has 1 atom stereocenters. The maximum Gasteiger partial charge on any atom is 0.189 e. The van der Waals surface area contributed by atoms with Gasteiger partial charge in [-0.3, -0.25) is 9.58 Å². The molecule has 1 saturated heterocycles. The third-order valence-electron chi connectivity index (χ3n) is 3.68. The summed E-state index contributed by atoms with van der Waals surface area (Å²) in [4.78, 5) is 6.75. The number of nitrogens with two attached hydrogens (primary N) is 1. The minimum Gasteiger partial charge on any atom is -0.370 e. The maximum absolute atomic E-state index is 6.03. The quantitative estimate of drug-likeness (QED) is 0.627. The van der Waals surface area contributed by atoms with Crippen LogP contribution in [0.15, 0.2) is 11.2 Å². The van der Waals surface area contributed by atoms with Gasteiger partial charge in [0.1, 0.15) is 5.69 Å². The summed E-state index contributed by atoms with van der Waals surface area (Å²) >= 11 is 6.03. The van der Waals surface area contributed by atoms with Crippen molar-refractivity contribution >= 4 is 17.6 Å². The Bertz CT molecular complexity index is 469. The largest absolute Gasteiger partial charge is 0.370 e. The average Bonchev–Trinajstić information content (AvgIpc) is 2.99. The van der Waals surface area contributed by atoms with E-state index >= 15 is 0 Å². The monoisotopic (exact) mass is 298 g/mol. The molecule has 0 aliphatic carbocycles. The van der Waals surface area contributed by atoms with Gasteiger partial charge >= 0.3 is 0 Å². The molecular weight excluding hydrogens is 276 g/mol. The number of aryl methyl sites for hydroxylation is 1. The van der Waals surface area contributed by atoms with E-state index in [2.05, 4.69) is 27.2 Å². The van der Waals surface area contributed by atoms with E-state index in [9.17, 15) is 0 Å². The van der Waals surface area contributed by atoms with E-state index in [1.54, 1.807) is 10.9 Å². The minimum absolute atomic E-state index is 0.403. The summed E-state index contributed by atoms with van der Waals surface area (Å²) in [6.07, 6.45) is 4.24. The number of aliphatic imine (C=N–C) groups is 1. The van der Waals surface area contributed by atoms with E-state index in [1.807, 2.05) is 7.05 Å². The normalized spacial score (nSPS) is 20.6. The molecule has 20 heavy (non-hydrogen) atoms. The van der Waals surface area contributed by atoms with Crippen molar-refractivity contribution in [1.29, 1.82) is 0 Å². The fourth-order valence-corrected chi connectivity index (χ4v) is 2.83. The van der Waals surface area contributed by atoms with Gasteiger partial charge in [-0.25, -0.2) is 4.99 Å². The van der Waals surface area contributed by atoms with E-state index in [0.717, 1.165) is 18.8 Å². The Kier molecular flexibility index (Phi) is 5.25. The second kappa shape index (κ2) is 6.95. The van der Waals surface area contributed by atoms with Crippen molar-refractivity contribution in [2.45, 2.75) is 32.4 Å². The van der Waals surface area contributed by atoms with Crippen molar-refractivity contribution in [3.63, 3.8) is 0 Å². The summed E-state index contributed by atoms with van der Waals surface area (Å²) < 4.78 is 1.68. The first kappa shape index (κ1) is 15.1. The van der Waals surface area contributed by atoms with Crippen molar-refractivity contribution < 1.29 is 0 Å². The molecule has 1 fully saturated rings. The predicted molar refractivity (Wildman–Crippen MR) is 81.8 cm³/mol. The molecule has 0 saturated carbocycles. The molecule has 6 nitrogen and oxygen atoms in total. The van der Waals surface area contributed by atoms with Crippen molar-refractivity contribution in [1.82, 2.24) is 20.0 Å². The Morgan fingerprint density at radius 3 is 3.10 bits per heavy atom. The average molecular weight is 299 g/mol. The third-order valence-corrected chi connectivity index (χ3v) is 3.99. The summed E-state index contributed by atoms with van der Waals surface area (Å²) in [5.74, 6) is 0.453. The molecule has 112 valence electrons. The molecule has 1 aliphatic rings. The van der Waals surface area contributed by atoms with Crippen molar-refractivity contribution in [2.24, 2.45) is 17.8 Å². The number of aromatic nitrogens is 2. The number of nitrogens with zero attached hydrogens (tertiary/aromatic N) is 4. The van der Waals surface area contributed by atoms with Crippen molar-refractivity contribution in [3.8, 4) is 0 Å². The van der Waals surface area contributed by atoms with Gasteiger partial charge in [0.25, 0.3) is 0 Å². The van der Waals surface area contributed by atoms with Crippen LogP contribution in [0.2, 0.25) is 5.02 Å². The lowest BCUT2D eigenvalue weighted by Gasteiger charge is -2.23. The van der Waals surface area contributed by atoms with E-state index in [0.29, 0.717) is 23.6 Å². The highest BCUT2D eigenvalue weighted by atomic mass is 35.5. The molecule has 1 unspecified atom stereocenters. The summed E-state index contributed by atoms with van der Waals surface area (Å²) in [5, 5.41) is 8.05. The molecule has 1 aromatic heterocycles. The summed E-state index contributed by atoms with van der Waals surface area (Å²) in [6.45, 7) is 5.72. The number of guanidine groups is 1. The van der Waals surface area contributed by atoms with Gasteiger partial charge in [0.2, 0.25) is 0 Å². The van der Waals surface area contributed by atoms with Crippen LogP contribution in [0, 0.1) is 0 Å². The van der Waals surface area contributed by atoms with E-state index in [4.69, 9.17) is 17.3 Å². The highest BCUT2D eigenvalue weighted by molar-refractivity contribution is 6.31. The number of hydrogen-bond donors (Lipinski definition) is 2. The van der Waals surface area contributed by atoms with Gasteiger partial charge in [-0.2, -0.15) is 5.10 Å². The predicted octanol–water partition coefficient (Wildman–Crippen LogP) is 0.962. The maximum atomic E-state index is 6.03. The van der Waals surface area contributed by atoms with Crippen LogP contribution in [0.25, 0.3) is 0 Å². The molecule has 0 radical (unpaired) electrons. The molecule has 0 bridgehead atoms. The Labute approximate surface area is 125 Å². The first-order chi connectivity index (χ1) is 9.60. The zero-order valence-electron chi connectivity index (χ0n) is 12.1. The lowest BCUT2D eigenvalue weighted by Crippen LogP contribution is -2.42. The van der Waals surface area contributed by atoms with Gasteiger partial charge in [-0.15, -0.1) is 0 Å². The van der Waals surface area contributed by atoms with Gasteiger partial charge < -0.3 is 11.1 Å². The number of likely N-dealkylation sites (N-methyl/N-ethyl adjacent to an activating group) is 1. The molecule has 1 aromatic rings. The Morgan fingerprint density at radius 2 is 2.45 bits per heavy atom. The number of nitrogens with one attached hydrogen (secondary N) is 1. The topological polar surface area (TPSA) is 71.5 Å². The Hall–Kier alpha value is -1.27.